The molecule has 126 valence electrons. The van der Waals surface area contributed by atoms with Crippen LogP contribution in [0.15, 0.2) is 34.5 Å². The predicted octanol–water partition coefficient (Wildman–Crippen LogP) is 3.68. The number of fused-ring (bicyclic) bond motifs is 3. The lowest BCUT2D eigenvalue weighted by molar-refractivity contribution is 0.507. The van der Waals surface area contributed by atoms with Crippen molar-refractivity contribution in [1.82, 2.24) is 9.71 Å². The average molecular weight is 361 g/mol. The molecule has 0 amide bonds. The number of thiophene rings is 1. The van der Waals surface area contributed by atoms with Crippen molar-refractivity contribution in [3.05, 3.63) is 52.0 Å². The maximum absolute atomic E-state index is 12.6. The maximum Gasteiger partial charge on any atom is 0.250 e. The number of rotatable bonds is 3. The van der Waals surface area contributed by atoms with Crippen LogP contribution < -0.4 is 4.72 Å². The number of hydrogen-bond donors (Lipinski definition) is 2. The van der Waals surface area contributed by atoms with Crippen LogP contribution in [0.5, 0.6) is 0 Å². The molecule has 1 aromatic carbocycles. The summed E-state index contributed by atoms with van der Waals surface area (Å²) in [5, 5.41) is 1.22. The fraction of sp³-hybridized carbons (Fsp3) is 0.333. The van der Waals surface area contributed by atoms with Gasteiger partial charge in [0, 0.05) is 27.5 Å². The van der Waals surface area contributed by atoms with Gasteiger partial charge in [-0.3, -0.25) is 0 Å². The Morgan fingerprint density at radius 1 is 1.21 bits per heavy atom. The summed E-state index contributed by atoms with van der Waals surface area (Å²) in [7, 11) is -3.43. The summed E-state index contributed by atoms with van der Waals surface area (Å²) in [6.07, 6.45) is 2.44. The predicted molar refractivity (Wildman–Crippen MR) is 98.2 cm³/mol. The maximum atomic E-state index is 12.6. The number of H-pyrrole nitrogens is 1. The monoisotopic (exact) mass is 360 g/mol. The molecule has 1 unspecified atom stereocenters. The Hall–Kier alpha value is -1.63. The van der Waals surface area contributed by atoms with E-state index >= 15 is 0 Å². The lowest BCUT2D eigenvalue weighted by Crippen LogP contribution is -2.38. The molecule has 1 aliphatic rings. The Labute approximate surface area is 146 Å². The molecule has 1 atom stereocenters. The Morgan fingerprint density at radius 2 is 2.04 bits per heavy atom. The fourth-order valence-electron chi connectivity index (χ4n) is 3.47. The van der Waals surface area contributed by atoms with E-state index in [0.29, 0.717) is 4.21 Å². The minimum atomic E-state index is -3.43. The Balaban J connectivity index is 1.62. The first kappa shape index (κ1) is 15.9. The van der Waals surface area contributed by atoms with Gasteiger partial charge in [0.05, 0.1) is 0 Å². The number of hydrogen-bond acceptors (Lipinski definition) is 3. The van der Waals surface area contributed by atoms with Crippen molar-refractivity contribution in [1.29, 1.82) is 0 Å². The minimum Gasteiger partial charge on any atom is -0.358 e. The smallest absolute Gasteiger partial charge is 0.250 e. The van der Waals surface area contributed by atoms with E-state index in [4.69, 9.17) is 0 Å². The largest absolute Gasteiger partial charge is 0.358 e. The van der Waals surface area contributed by atoms with E-state index in [-0.39, 0.29) is 6.04 Å². The second-order valence-electron chi connectivity index (χ2n) is 6.56. The summed E-state index contributed by atoms with van der Waals surface area (Å²) in [6.45, 7) is 4.01. The third kappa shape index (κ3) is 2.79. The highest BCUT2D eigenvalue weighted by Gasteiger charge is 2.27. The Morgan fingerprint density at radius 3 is 2.79 bits per heavy atom. The van der Waals surface area contributed by atoms with Gasteiger partial charge in [-0.05, 0) is 62.9 Å². The SMILES string of the molecule is Cc1ccc2[nH]c3c(c2c1)CC(NS(=O)(=O)c1ccc(C)s1)CC3. The standard InChI is InChI=1S/C18H20N2O2S2/c1-11-3-6-16-14(9-11)15-10-13(5-7-17(15)19-16)20-24(21,22)18-8-4-12(2)23-18/h3-4,6,8-9,13,19-20H,5,7,10H2,1-2H3. The van der Waals surface area contributed by atoms with Gasteiger partial charge in [0.25, 0.3) is 0 Å². The summed E-state index contributed by atoms with van der Waals surface area (Å²) >= 11 is 1.32. The van der Waals surface area contributed by atoms with Gasteiger partial charge in [-0.25, -0.2) is 13.1 Å². The van der Waals surface area contributed by atoms with Gasteiger partial charge in [0.15, 0.2) is 0 Å². The molecular formula is C18H20N2O2S2. The number of benzene rings is 1. The van der Waals surface area contributed by atoms with Crippen LogP contribution in [0.2, 0.25) is 0 Å². The first-order valence-corrected chi connectivity index (χ1v) is 10.4. The molecule has 4 rings (SSSR count). The summed E-state index contributed by atoms with van der Waals surface area (Å²) in [5.41, 5.74) is 4.87. The first-order chi connectivity index (χ1) is 11.4. The lowest BCUT2D eigenvalue weighted by Gasteiger charge is -2.23. The number of sulfonamides is 1. The van der Waals surface area contributed by atoms with Crippen molar-refractivity contribution in [2.45, 2.75) is 43.4 Å². The average Bonchev–Trinajstić information content (AvgIpc) is 3.11. The van der Waals surface area contributed by atoms with Crippen molar-refractivity contribution in [2.24, 2.45) is 0 Å². The molecule has 2 N–H and O–H groups in total. The third-order valence-electron chi connectivity index (χ3n) is 4.65. The van der Waals surface area contributed by atoms with E-state index in [2.05, 4.69) is 34.8 Å². The topological polar surface area (TPSA) is 62.0 Å². The molecule has 1 aliphatic carbocycles. The second kappa shape index (κ2) is 5.72. The van der Waals surface area contributed by atoms with Gasteiger partial charge < -0.3 is 4.98 Å². The van der Waals surface area contributed by atoms with E-state index in [1.807, 2.05) is 13.0 Å². The second-order valence-corrected chi connectivity index (χ2v) is 9.79. The highest BCUT2D eigenvalue weighted by molar-refractivity contribution is 7.91. The molecule has 24 heavy (non-hydrogen) atoms. The Bertz CT molecular complexity index is 1010. The van der Waals surface area contributed by atoms with Crippen LogP contribution in [-0.4, -0.2) is 19.4 Å². The summed E-state index contributed by atoms with van der Waals surface area (Å²) in [6, 6.07) is 9.88. The minimum absolute atomic E-state index is 0.0515. The van der Waals surface area contributed by atoms with Crippen LogP contribution in [0.25, 0.3) is 10.9 Å². The Kier molecular flexibility index (Phi) is 3.78. The van der Waals surface area contributed by atoms with Crippen molar-refractivity contribution in [3.8, 4) is 0 Å². The first-order valence-electron chi connectivity index (χ1n) is 8.11. The molecule has 0 aliphatic heterocycles. The van der Waals surface area contributed by atoms with Gasteiger partial charge in [0.2, 0.25) is 10.0 Å². The molecule has 0 radical (unpaired) electrons. The van der Waals surface area contributed by atoms with Crippen molar-refractivity contribution < 1.29 is 8.42 Å². The zero-order valence-corrected chi connectivity index (χ0v) is 15.4. The van der Waals surface area contributed by atoms with Crippen LogP contribution in [-0.2, 0) is 22.9 Å². The van der Waals surface area contributed by atoms with Gasteiger partial charge >= 0.3 is 0 Å². The van der Waals surface area contributed by atoms with Crippen molar-refractivity contribution in [2.75, 3.05) is 0 Å². The highest BCUT2D eigenvalue weighted by atomic mass is 32.2. The lowest BCUT2D eigenvalue weighted by atomic mass is 9.92. The number of aromatic nitrogens is 1. The molecule has 2 aromatic heterocycles. The number of aryl methyl sites for hydroxylation is 3. The molecule has 3 aromatic rings. The van der Waals surface area contributed by atoms with E-state index in [9.17, 15) is 8.42 Å². The van der Waals surface area contributed by atoms with Gasteiger partial charge in [0.1, 0.15) is 4.21 Å². The molecule has 2 heterocycles. The molecule has 0 spiro atoms. The summed E-state index contributed by atoms with van der Waals surface area (Å²) in [4.78, 5) is 4.49. The molecule has 0 saturated carbocycles. The van der Waals surface area contributed by atoms with Gasteiger partial charge in [-0.1, -0.05) is 11.6 Å². The van der Waals surface area contributed by atoms with E-state index in [1.54, 1.807) is 6.07 Å². The quantitative estimate of drug-likeness (QED) is 0.748. The molecule has 0 saturated heterocycles. The molecule has 0 bridgehead atoms. The van der Waals surface area contributed by atoms with E-state index < -0.39 is 10.0 Å². The zero-order chi connectivity index (χ0) is 16.9. The molecule has 6 heteroatoms. The van der Waals surface area contributed by atoms with E-state index in [0.717, 1.165) is 29.7 Å². The van der Waals surface area contributed by atoms with Crippen LogP contribution in [0.4, 0.5) is 0 Å². The van der Waals surface area contributed by atoms with Crippen molar-refractivity contribution in [3.63, 3.8) is 0 Å². The zero-order valence-electron chi connectivity index (χ0n) is 13.7. The van der Waals surface area contributed by atoms with Crippen LogP contribution in [0, 0.1) is 13.8 Å². The number of nitrogens with one attached hydrogen (secondary N) is 2. The molecule has 4 nitrogen and oxygen atoms in total. The molecular weight excluding hydrogens is 340 g/mol. The fourth-order valence-corrected chi connectivity index (χ4v) is 6.04. The van der Waals surface area contributed by atoms with Crippen LogP contribution >= 0.6 is 11.3 Å². The van der Waals surface area contributed by atoms with Gasteiger partial charge in [-0.15, -0.1) is 11.3 Å². The van der Waals surface area contributed by atoms with E-state index in [1.165, 1.54) is 33.5 Å². The third-order valence-corrected chi connectivity index (χ3v) is 7.66. The van der Waals surface area contributed by atoms with Crippen LogP contribution in [0.3, 0.4) is 0 Å². The highest BCUT2D eigenvalue weighted by Crippen LogP contribution is 2.31. The van der Waals surface area contributed by atoms with Crippen LogP contribution in [0.1, 0.15) is 28.1 Å². The molecule has 0 fully saturated rings. The normalized spacial score (nSPS) is 18.0. The van der Waals surface area contributed by atoms with Gasteiger partial charge in [-0.2, -0.15) is 0 Å². The van der Waals surface area contributed by atoms with Crippen molar-refractivity contribution >= 4 is 32.3 Å². The summed E-state index contributed by atoms with van der Waals surface area (Å²) < 4.78 is 28.5. The number of aromatic amines is 1. The summed E-state index contributed by atoms with van der Waals surface area (Å²) in [5.74, 6) is 0.